The van der Waals surface area contributed by atoms with Crippen molar-refractivity contribution in [3.8, 4) is 62.1 Å². The van der Waals surface area contributed by atoms with Crippen molar-refractivity contribution in [2.45, 2.75) is 0 Å². The Balaban J connectivity index is 1.02. The van der Waals surface area contributed by atoms with E-state index in [9.17, 15) is 4.11 Å². The number of rotatable bonds is 6. The molecule has 13 aromatic rings. The van der Waals surface area contributed by atoms with Gasteiger partial charge in [-0.3, -0.25) is 0 Å². The van der Waals surface area contributed by atoms with Gasteiger partial charge in [0.1, 0.15) is 22.3 Å². The van der Waals surface area contributed by atoms with Crippen molar-refractivity contribution in [1.29, 1.82) is 0 Å². The molecule has 6 heteroatoms. The van der Waals surface area contributed by atoms with Crippen LogP contribution in [0.5, 0.6) is 0 Å². The molecular formula is C57H34N4O2. The van der Waals surface area contributed by atoms with E-state index in [0.29, 0.717) is 27.7 Å². The molecule has 6 nitrogen and oxygen atoms in total. The molecule has 0 N–H and O–H groups in total. The summed E-state index contributed by atoms with van der Waals surface area (Å²) < 4.78 is 105. The number of aromatic nitrogens is 4. The smallest absolute Gasteiger partial charge is 0.164 e. The second-order valence-electron chi connectivity index (χ2n) is 15.2. The Bertz CT molecular complexity index is 4520. The average Bonchev–Trinajstić information content (AvgIpc) is 4.11. The maximum atomic E-state index is 9.49. The third-order valence-electron chi connectivity index (χ3n) is 11.5. The highest BCUT2D eigenvalue weighted by Crippen LogP contribution is 2.40. The van der Waals surface area contributed by atoms with Crippen molar-refractivity contribution in [3.63, 3.8) is 0 Å². The van der Waals surface area contributed by atoms with Crippen molar-refractivity contribution in [1.82, 2.24) is 19.5 Å². The van der Waals surface area contributed by atoms with E-state index in [1.807, 2.05) is 78.9 Å². The van der Waals surface area contributed by atoms with Crippen molar-refractivity contribution < 1.29 is 22.5 Å². The van der Waals surface area contributed by atoms with E-state index in [1.54, 1.807) is 12.1 Å². The van der Waals surface area contributed by atoms with Crippen molar-refractivity contribution in [3.05, 3.63) is 206 Å². The van der Waals surface area contributed by atoms with Gasteiger partial charge < -0.3 is 13.4 Å². The minimum atomic E-state index is -0.516. The second kappa shape index (κ2) is 14.0. The third kappa shape index (κ3) is 5.76. The van der Waals surface area contributed by atoms with Crippen LogP contribution in [-0.4, -0.2) is 19.5 Å². The van der Waals surface area contributed by atoms with Gasteiger partial charge in [0.15, 0.2) is 17.5 Å². The number of fused-ring (bicyclic) bond motifs is 9. The number of para-hydroxylation sites is 2. The van der Waals surface area contributed by atoms with Crippen LogP contribution in [0.15, 0.2) is 215 Å². The van der Waals surface area contributed by atoms with Gasteiger partial charge in [0.25, 0.3) is 0 Å². The number of hydrogen-bond donors (Lipinski definition) is 0. The number of nitrogens with zero attached hydrogens (tertiary/aromatic N) is 4. The lowest BCUT2D eigenvalue weighted by Crippen LogP contribution is -2.00. The molecule has 0 radical (unpaired) electrons. The van der Waals surface area contributed by atoms with Gasteiger partial charge in [-0.2, -0.15) is 0 Å². The van der Waals surface area contributed by atoms with E-state index in [-0.39, 0.29) is 79.2 Å². The largest absolute Gasteiger partial charge is 0.456 e. The van der Waals surface area contributed by atoms with E-state index in [1.165, 1.54) is 16.7 Å². The zero-order valence-electron chi connectivity index (χ0n) is 43.0. The lowest BCUT2D eigenvalue weighted by atomic mass is 9.98. The maximum Gasteiger partial charge on any atom is 0.164 e. The molecule has 4 aromatic heterocycles. The van der Waals surface area contributed by atoms with Gasteiger partial charge in [-0.05, 0) is 88.9 Å². The SMILES string of the molecule is [2H]c1c(-n2c3c([2H])cccc3c3c([2H])c([2H])c([2H])c([2H])c32)cc2c(oc3c([2H])c([2H])c([2H])c(-c4nc(-c5ccccc5)nc(-c5ccc6c(c5)oc5ccc(-c7cccc(-c8ccccc8)c7)cc56)n4)c32)c1[2H]. The normalized spacial score (nSPS) is 14.0. The minimum Gasteiger partial charge on any atom is -0.456 e. The summed E-state index contributed by atoms with van der Waals surface area (Å²) >= 11 is 0. The van der Waals surface area contributed by atoms with E-state index in [4.69, 9.17) is 33.4 Å². The Morgan fingerprint density at radius 2 is 1.06 bits per heavy atom. The molecule has 0 aliphatic heterocycles. The first-order valence-corrected chi connectivity index (χ1v) is 20.3. The predicted molar refractivity (Wildman–Crippen MR) is 256 cm³/mol. The van der Waals surface area contributed by atoms with Gasteiger partial charge in [-0.25, -0.2) is 15.0 Å². The molecule has 0 aliphatic carbocycles. The fourth-order valence-corrected chi connectivity index (χ4v) is 8.58. The van der Waals surface area contributed by atoms with Gasteiger partial charge in [-0.1, -0.05) is 139 Å². The summed E-state index contributed by atoms with van der Waals surface area (Å²) in [6.45, 7) is 0. The number of furan rings is 2. The summed E-state index contributed by atoms with van der Waals surface area (Å²) in [6, 6.07) is 42.0. The first kappa shape index (κ1) is 26.6. The number of hydrogen-bond acceptors (Lipinski definition) is 5. The topological polar surface area (TPSA) is 69.9 Å². The summed E-state index contributed by atoms with van der Waals surface area (Å²) in [5.74, 6) is 0.418. The Morgan fingerprint density at radius 1 is 0.365 bits per heavy atom. The zero-order chi connectivity index (χ0) is 50.1. The molecule has 4 heterocycles. The standard InChI is InChI=1S/C57H34N4O2/c1-3-13-35(14-4-1)37-17-11-18-38(31-37)39-26-29-50-46(32-39)44-28-25-40(33-53(44)63-50)56-58-55(36-15-5-2-6-16-36)59-57(60-56)45-21-12-24-52-54(45)47-34-41(27-30-51(47)62-52)61-48-22-9-7-19-42(48)43-20-8-10-23-49(43)61/h1-34H/i7D,9D,12D,19D,21D,22D,23D,24D,27D,30D. The van der Waals surface area contributed by atoms with Crippen LogP contribution in [0.3, 0.4) is 0 Å². The summed E-state index contributed by atoms with van der Waals surface area (Å²) in [7, 11) is 0. The Kier molecular flexibility index (Phi) is 5.89. The molecule has 0 saturated carbocycles. The van der Waals surface area contributed by atoms with Crippen LogP contribution >= 0.6 is 0 Å². The van der Waals surface area contributed by atoms with E-state index >= 15 is 0 Å². The molecule has 294 valence electrons. The molecule has 0 saturated heterocycles. The van der Waals surface area contributed by atoms with Crippen LogP contribution in [0.2, 0.25) is 0 Å². The second-order valence-corrected chi connectivity index (χ2v) is 15.2. The highest BCUT2D eigenvalue weighted by molar-refractivity contribution is 6.14. The molecule has 63 heavy (non-hydrogen) atoms. The molecule has 0 unspecified atom stereocenters. The lowest BCUT2D eigenvalue weighted by molar-refractivity contribution is 0.668. The molecule has 13 rings (SSSR count). The van der Waals surface area contributed by atoms with Crippen LogP contribution in [0.1, 0.15) is 13.7 Å². The number of benzene rings is 9. The van der Waals surface area contributed by atoms with Gasteiger partial charge in [0.2, 0.25) is 0 Å². The highest BCUT2D eigenvalue weighted by atomic mass is 16.3. The third-order valence-corrected chi connectivity index (χ3v) is 11.5. The average molecular weight is 817 g/mol. The molecule has 9 aromatic carbocycles. The molecule has 0 aliphatic rings. The summed E-state index contributed by atoms with van der Waals surface area (Å²) in [4.78, 5) is 14.9. The van der Waals surface area contributed by atoms with Gasteiger partial charge >= 0.3 is 0 Å². The van der Waals surface area contributed by atoms with Crippen LogP contribution in [0.25, 0.3) is 128 Å². The first-order valence-electron chi connectivity index (χ1n) is 25.3. The van der Waals surface area contributed by atoms with Crippen LogP contribution in [0.4, 0.5) is 0 Å². The van der Waals surface area contributed by atoms with Gasteiger partial charge in [0.05, 0.1) is 24.7 Å². The predicted octanol–water partition coefficient (Wildman–Crippen LogP) is 15.1. The van der Waals surface area contributed by atoms with Gasteiger partial charge in [0, 0.05) is 54.7 Å². The maximum absolute atomic E-state index is 9.49. The molecule has 0 bridgehead atoms. The van der Waals surface area contributed by atoms with Crippen LogP contribution in [0, 0.1) is 0 Å². The van der Waals surface area contributed by atoms with E-state index in [2.05, 4.69) is 42.5 Å². The Labute approximate surface area is 375 Å². The van der Waals surface area contributed by atoms with E-state index < -0.39 is 48.3 Å². The van der Waals surface area contributed by atoms with Crippen molar-refractivity contribution >= 4 is 65.7 Å². The summed E-state index contributed by atoms with van der Waals surface area (Å²) in [6.07, 6.45) is 0. The van der Waals surface area contributed by atoms with Gasteiger partial charge in [-0.15, -0.1) is 0 Å². The quantitative estimate of drug-likeness (QED) is 0.167. The molecular weight excluding hydrogens is 773 g/mol. The first-order chi connectivity index (χ1) is 35.4. The summed E-state index contributed by atoms with van der Waals surface area (Å²) in [5, 5.41) is 2.54. The molecule has 0 spiro atoms. The van der Waals surface area contributed by atoms with Crippen LogP contribution in [-0.2, 0) is 0 Å². The van der Waals surface area contributed by atoms with E-state index in [0.717, 1.165) is 33.0 Å². The lowest BCUT2D eigenvalue weighted by Gasteiger charge is -2.10. The fourth-order valence-electron chi connectivity index (χ4n) is 8.58. The Hall–Kier alpha value is -8.61. The van der Waals surface area contributed by atoms with Crippen molar-refractivity contribution in [2.75, 3.05) is 0 Å². The minimum absolute atomic E-state index is 0.00174. The monoisotopic (exact) mass is 816 g/mol. The molecule has 0 atom stereocenters. The van der Waals surface area contributed by atoms with Crippen molar-refractivity contribution in [2.24, 2.45) is 0 Å². The fraction of sp³-hybridized carbons (Fsp3) is 0. The Morgan fingerprint density at radius 3 is 1.94 bits per heavy atom. The highest BCUT2D eigenvalue weighted by Gasteiger charge is 2.20. The summed E-state index contributed by atoms with van der Waals surface area (Å²) in [5.41, 5.74) is 6.65. The molecule has 0 fully saturated rings. The van der Waals surface area contributed by atoms with Crippen LogP contribution < -0.4 is 0 Å². The molecule has 0 amide bonds. The zero-order valence-corrected chi connectivity index (χ0v) is 33.0.